The fourth-order valence-electron chi connectivity index (χ4n) is 10.3. The summed E-state index contributed by atoms with van der Waals surface area (Å²) in [5.41, 5.74) is 26.1. The van der Waals surface area contributed by atoms with Gasteiger partial charge in [0, 0.05) is 51.1 Å². The van der Waals surface area contributed by atoms with E-state index < -0.39 is 0 Å². The van der Waals surface area contributed by atoms with Crippen LogP contribution in [0.25, 0.3) is 44.5 Å². The number of hydrogen-bond acceptors (Lipinski definition) is 3. The molecule has 0 aliphatic carbocycles. The molecule has 1 N–H and O–H groups in total. The standard InChI is InChI=1S/C64H52BN3/c1-43-37-45(3)63(46(4)38-43)51-39-57(64-62(41-51)68(60-28-18-17-19-44(60)2)61-40-50(31-35-58(61)65-64)48-22-11-6-12-23-48)56-42-55(67(53-24-13-7-14-25-53)54-26-15-8-16-27-54)34-36-59(56)66-52-32-29-49(30-33-52)47-20-9-5-10-21-47/h5-42,65-66H,1-4H3. The highest BCUT2D eigenvalue weighted by Crippen LogP contribution is 2.46. The Morgan fingerprint density at radius 1 is 0.382 bits per heavy atom. The summed E-state index contributed by atoms with van der Waals surface area (Å²) < 4.78 is 0. The number of para-hydroxylation sites is 3. The summed E-state index contributed by atoms with van der Waals surface area (Å²) in [5, 5.41) is 3.96. The molecule has 11 rings (SSSR count). The van der Waals surface area contributed by atoms with E-state index in [2.05, 4.69) is 273 Å². The maximum Gasteiger partial charge on any atom is 0.198 e. The summed E-state index contributed by atoms with van der Waals surface area (Å²) in [6, 6.07) is 84.0. The van der Waals surface area contributed by atoms with Crippen LogP contribution in [-0.2, 0) is 0 Å². The van der Waals surface area contributed by atoms with Crippen LogP contribution in [0.15, 0.2) is 231 Å². The molecular weight excluding hydrogens is 822 g/mol. The van der Waals surface area contributed by atoms with Crippen LogP contribution in [0, 0.1) is 27.7 Å². The first kappa shape index (κ1) is 42.3. The molecule has 0 unspecified atom stereocenters. The molecule has 0 aromatic heterocycles. The number of benzene rings is 10. The summed E-state index contributed by atoms with van der Waals surface area (Å²) in [6.45, 7) is 8.96. The van der Waals surface area contributed by atoms with Gasteiger partial charge < -0.3 is 15.1 Å². The van der Waals surface area contributed by atoms with Crippen LogP contribution >= 0.6 is 0 Å². The molecule has 1 heterocycles. The second-order valence-corrected chi connectivity index (χ2v) is 18.1. The minimum Gasteiger partial charge on any atom is -0.355 e. The van der Waals surface area contributed by atoms with Crippen molar-refractivity contribution in [1.82, 2.24) is 0 Å². The van der Waals surface area contributed by atoms with Gasteiger partial charge in [-0.15, -0.1) is 0 Å². The van der Waals surface area contributed by atoms with Crippen LogP contribution in [0.2, 0.25) is 0 Å². The normalized spacial score (nSPS) is 11.6. The Morgan fingerprint density at radius 2 is 0.926 bits per heavy atom. The third kappa shape index (κ3) is 8.16. The lowest BCUT2D eigenvalue weighted by Crippen LogP contribution is -2.41. The maximum absolute atomic E-state index is 3.96. The predicted molar refractivity (Wildman–Crippen MR) is 293 cm³/mol. The third-order valence-electron chi connectivity index (χ3n) is 13.4. The molecule has 10 aromatic rings. The summed E-state index contributed by atoms with van der Waals surface area (Å²) in [5.74, 6) is 0. The van der Waals surface area contributed by atoms with Gasteiger partial charge in [-0.2, -0.15) is 0 Å². The Morgan fingerprint density at radius 3 is 1.56 bits per heavy atom. The van der Waals surface area contributed by atoms with Crippen molar-refractivity contribution < 1.29 is 0 Å². The van der Waals surface area contributed by atoms with Crippen molar-refractivity contribution >= 4 is 63.7 Å². The van der Waals surface area contributed by atoms with Gasteiger partial charge in [-0.1, -0.05) is 163 Å². The topological polar surface area (TPSA) is 18.5 Å². The molecule has 3 nitrogen and oxygen atoms in total. The van der Waals surface area contributed by atoms with Crippen molar-refractivity contribution in [3.63, 3.8) is 0 Å². The Hall–Kier alpha value is -8.34. The molecule has 0 bridgehead atoms. The van der Waals surface area contributed by atoms with Gasteiger partial charge in [-0.3, -0.25) is 0 Å². The van der Waals surface area contributed by atoms with E-state index >= 15 is 0 Å². The highest BCUT2D eigenvalue weighted by molar-refractivity contribution is 6.73. The van der Waals surface area contributed by atoms with E-state index in [4.69, 9.17) is 0 Å². The fourth-order valence-corrected chi connectivity index (χ4v) is 10.3. The number of nitrogens with zero attached hydrogens (tertiary/aromatic N) is 2. The monoisotopic (exact) mass is 873 g/mol. The first-order valence-corrected chi connectivity index (χ1v) is 23.6. The van der Waals surface area contributed by atoms with Gasteiger partial charge in [0.2, 0.25) is 0 Å². The lowest BCUT2D eigenvalue weighted by atomic mass is 9.57. The molecule has 0 fully saturated rings. The Bertz CT molecular complexity index is 3360. The number of nitrogens with one attached hydrogen (secondary N) is 1. The van der Waals surface area contributed by atoms with Gasteiger partial charge in [0.25, 0.3) is 0 Å². The molecule has 10 aromatic carbocycles. The van der Waals surface area contributed by atoms with Crippen molar-refractivity contribution in [3.8, 4) is 44.5 Å². The van der Waals surface area contributed by atoms with E-state index in [9.17, 15) is 0 Å². The first-order chi connectivity index (χ1) is 33.4. The van der Waals surface area contributed by atoms with E-state index in [1.54, 1.807) is 0 Å². The average Bonchev–Trinajstić information content (AvgIpc) is 3.37. The minimum absolute atomic E-state index is 0.764. The largest absolute Gasteiger partial charge is 0.355 e. The van der Waals surface area contributed by atoms with Crippen LogP contribution in [0.4, 0.5) is 45.5 Å². The predicted octanol–water partition coefficient (Wildman–Crippen LogP) is 16.0. The van der Waals surface area contributed by atoms with E-state index in [-0.39, 0.29) is 0 Å². The molecule has 0 spiro atoms. The summed E-state index contributed by atoms with van der Waals surface area (Å²) in [7, 11) is 0.764. The molecule has 0 saturated carbocycles. The Labute approximate surface area is 401 Å². The highest BCUT2D eigenvalue weighted by atomic mass is 15.2. The molecule has 0 radical (unpaired) electrons. The van der Waals surface area contributed by atoms with E-state index in [0.29, 0.717) is 0 Å². The number of fused-ring (bicyclic) bond motifs is 2. The molecule has 1 aliphatic rings. The zero-order valence-electron chi connectivity index (χ0n) is 39.0. The number of aryl methyl sites for hydroxylation is 4. The van der Waals surface area contributed by atoms with Crippen LogP contribution in [0.1, 0.15) is 22.3 Å². The van der Waals surface area contributed by atoms with Crippen molar-refractivity contribution in [3.05, 3.63) is 253 Å². The first-order valence-electron chi connectivity index (χ1n) is 23.6. The summed E-state index contributed by atoms with van der Waals surface area (Å²) in [6.07, 6.45) is 0. The lowest BCUT2D eigenvalue weighted by molar-refractivity contribution is 1.26. The molecule has 68 heavy (non-hydrogen) atoms. The van der Waals surface area contributed by atoms with E-state index in [1.807, 2.05) is 0 Å². The third-order valence-corrected chi connectivity index (χ3v) is 13.4. The minimum atomic E-state index is 0.764. The average molecular weight is 874 g/mol. The van der Waals surface area contributed by atoms with Gasteiger partial charge in [-0.05, 0) is 168 Å². The lowest BCUT2D eigenvalue weighted by Gasteiger charge is -2.37. The van der Waals surface area contributed by atoms with Gasteiger partial charge in [0.1, 0.15) is 0 Å². The zero-order chi connectivity index (χ0) is 46.1. The quantitative estimate of drug-likeness (QED) is 0.138. The molecule has 4 heteroatoms. The van der Waals surface area contributed by atoms with Gasteiger partial charge in [0.15, 0.2) is 7.28 Å². The van der Waals surface area contributed by atoms with Crippen LogP contribution in [0.3, 0.4) is 0 Å². The van der Waals surface area contributed by atoms with Gasteiger partial charge in [-0.25, -0.2) is 0 Å². The molecule has 0 atom stereocenters. The number of rotatable bonds is 10. The summed E-state index contributed by atoms with van der Waals surface area (Å²) >= 11 is 0. The van der Waals surface area contributed by atoms with Gasteiger partial charge in [0.05, 0.1) is 0 Å². The van der Waals surface area contributed by atoms with E-state index in [1.165, 1.54) is 89.2 Å². The van der Waals surface area contributed by atoms with Crippen molar-refractivity contribution in [1.29, 1.82) is 0 Å². The maximum atomic E-state index is 3.96. The number of anilines is 8. The Kier molecular flexibility index (Phi) is 11.3. The molecule has 0 saturated heterocycles. The van der Waals surface area contributed by atoms with Crippen LogP contribution in [0.5, 0.6) is 0 Å². The molecule has 326 valence electrons. The van der Waals surface area contributed by atoms with Gasteiger partial charge >= 0.3 is 0 Å². The van der Waals surface area contributed by atoms with Crippen LogP contribution in [-0.4, -0.2) is 7.28 Å². The molecular formula is C64H52BN3. The highest BCUT2D eigenvalue weighted by Gasteiger charge is 2.31. The molecule has 0 amide bonds. The second-order valence-electron chi connectivity index (χ2n) is 18.1. The van der Waals surface area contributed by atoms with Crippen molar-refractivity contribution in [2.75, 3.05) is 15.1 Å². The Balaban J connectivity index is 1.19. The van der Waals surface area contributed by atoms with Crippen molar-refractivity contribution in [2.24, 2.45) is 0 Å². The summed E-state index contributed by atoms with van der Waals surface area (Å²) in [4.78, 5) is 4.91. The fraction of sp³-hybridized carbons (Fsp3) is 0.0625. The zero-order valence-corrected chi connectivity index (χ0v) is 39.0. The van der Waals surface area contributed by atoms with Crippen molar-refractivity contribution in [2.45, 2.75) is 27.7 Å². The molecule has 1 aliphatic heterocycles. The van der Waals surface area contributed by atoms with E-state index in [0.717, 1.165) is 41.3 Å². The SMILES string of the molecule is Cc1cc(C)c(-c2cc(-c3cc(N(c4ccccc4)c4ccccc4)ccc3Nc3ccc(-c4ccccc4)cc3)c3c(c2)N(c2ccccc2C)c2cc(-c4ccccc4)ccc2B3)c(C)c1. The second kappa shape index (κ2) is 18.2. The number of hydrogen-bond donors (Lipinski definition) is 1. The smallest absolute Gasteiger partial charge is 0.198 e. The van der Waals surface area contributed by atoms with Crippen LogP contribution < -0.4 is 26.0 Å².